The SMILES string of the molecule is Cc1cccc(C(=O)c2c(F)cc(F)cc2F)c1F. The highest BCUT2D eigenvalue weighted by atomic mass is 19.1. The van der Waals surface area contributed by atoms with Crippen LogP contribution >= 0.6 is 0 Å². The molecule has 98 valence electrons. The Morgan fingerprint density at radius 3 is 2.16 bits per heavy atom. The van der Waals surface area contributed by atoms with Crippen LogP contribution < -0.4 is 0 Å². The standard InChI is InChI=1S/C14H8F4O/c1-7-3-2-4-9(13(7)18)14(19)12-10(16)5-8(15)6-11(12)17/h2-6H,1H3. The third kappa shape index (κ3) is 2.36. The lowest BCUT2D eigenvalue weighted by Crippen LogP contribution is -2.10. The Morgan fingerprint density at radius 1 is 1.00 bits per heavy atom. The maximum atomic E-state index is 13.7. The largest absolute Gasteiger partial charge is 0.288 e. The molecule has 0 heterocycles. The van der Waals surface area contributed by atoms with Crippen LogP contribution in [0, 0.1) is 30.2 Å². The Balaban J connectivity index is 2.60. The van der Waals surface area contributed by atoms with Crippen LogP contribution in [-0.4, -0.2) is 5.78 Å². The summed E-state index contributed by atoms with van der Waals surface area (Å²) in [7, 11) is 0. The first-order valence-electron chi connectivity index (χ1n) is 5.36. The van der Waals surface area contributed by atoms with Gasteiger partial charge in [0.25, 0.3) is 0 Å². The molecule has 0 N–H and O–H groups in total. The minimum atomic E-state index is -1.36. The molecule has 2 rings (SSSR count). The topological polar surface area (TPSA) is 17.1 Å². The van der Waals surface area contributed by atoms with Gasteiger partial charge in [0.15, 0.2) is 0 Å². The van der Waals surface area contributed by atoms with Crippen molar-refractivity contribution in [2.75, 3.05) is 0 Å². The Morgan fingerprint density at radius 2 is 1.58 bits per heavy atom. The Bertz CT molecular complexity index is 641. The van der Waals surface area contributed by atoms with Crippen molar-refractivity contribution in [3.8, 4) is 0 Å². The van der Waals surface area contributed by atoms with Gasteiger partial charge < -0.3 is 0 Å². The molecular weight excluding hydrogens is 260 g/mol. The van der Waals surface area contributed by atoms with E-state index in [0.717, 1.165) is 6.07 Å². The highest BCUT2D eigenvalue weighted by Crippen LogP contribution is 2.21. The minimum Gasteiger partial charge on any atom is -0.288 e. The van der Waals surface area contributed by atoms with Gasteiger partial charge in [-0.25, -0.2) is 17.6 Å². The predicted molar refractivity (Wildman–Crippen MR) is 60.9 cm³/mol. The summed E-state index contributed by atoms with van der Waals surface area (Å²) in [4.78, 5) is 11.9. The summed E-state index contributed by atoms with van der Waals surface area (Å²) >= 11 is 0. The fourth-order valence-electron chi connectivity index (χ4n) is 1.72. The monoisotopic (exact) mass is 268 g/mol. The normalized spacial score (nSPS) is 10.6. The number of carbonyl (C=O) groups is 1. The number of rotatable bonds is 2. The first-order valence-corrected chi connectivity index (χ1v) is 5.36. The number of halogens is 4. The molecule has 0 aromatic heterocycles. The molecule has 0 aliphatic carbocycles. The van der Waals surface area contributed by atoms with Crippen LogP contribution in [0.4, 0.5) is 17.6 Å². The molecule has 0 aliphatic rings. The zero-order chi connectivity index (χ0) is 14.2. The van der Waals surface area contributed by atoms with Crippen LogP contribution in [0.5, 0.6) is 0 Å². The number of carbonyl (C=O) groups excluding carboxylic acids is 1. The van der Waals surface area contributed by atoms with Gasteiger partial charge in [0, 0.05) is 12.1 Å². The molecule has 0 spiro atoms. The number of hydrogen-bond donors (Lipinski definition) is 0. The molecule has 0 atom stereocenters. The molecule has 0 saturated heterocycles. The van der Waals surface area contributed by atoms with Gasteiger partial charge in [0.1, 0.15) is 23.3 Å². The second-order valence-corrected chi connectivity index (χ2v) is 4.01. The van der Waals surface area contributed by atoms with Gasteiger partial charge in [0.05, 0.1) is 11.1 Å². The first-order chi connectivity index (χ1) is 8.91. The van der Waals surface area contributed by atoms with Gasteiger partial charge in [-0.3, -0.25) is 4.79 Å². The fraction of sp³-hybridized carbons (Fsp3) is 0.0714. The van der Waals surface area contributed by atoms with E-state index in [4.69, 9.17) is 0 Å². The molecular formula is C14H8F4O. The second kappa shape index (κ2) is 4.84. The zero-order valence-corrected chi connectivity index (χ0v) is 9.81. The molecule has 19 heavy (non-hydrogen) atoms. The number of benzene rings is 2. The highest BCUT2D eigenvalue weighted by Gasteiger charge is 2.23. The van der Waals surface area contributed by atoms with Crippen molar-refractivity contribution in [2.24, 2.45) is 0 Å². The molecule has 5 heteroatoms. The number of ketones is 1. The predicted octanol–water partition coefficient (Wildman–Crippen LogP) is 3.78. The van der Waals surface area contributed by atoms with Gasteiger partial charge >= 0.3 is 0 Å². The van der Waals surface area contributed by atoms with Crippen molar-refractivity contribution >= 4 is 5.78 Å². The van der Waals surface area contributed by atoms with Crippen molar-refractivity contribution in [3.63, 3.8) is 0 Å². The minimum absolute atomic E-state index is 0.175. The molecule has 0 unspecified atom stereocenters. The lowest BCUT2D eigenvalue weighted by Gasteiger charge is -2.07. The third-order valence-corrected chi connectivity index (χ3v) is 2.67. The van der Waals surface area contributed by atoms with E-state index in [1.807, 2.05) is 0 Å². The molecule has 0 aliphatic heterocycles. The van der Waals surface area contributed by atoms with Gasteiger partial charge in [0.2, 0.25) is 5.78 Å². The van der Waals surface area contributed by atoms with Crippen LogP contribution in [0.25, 0.3) is 0 Å². The number of hydrogen-bond acceptors (Lipinski definition) is 1. The lowest BCUT2D eigenvalue weighted by atomic mass is 10.00. The summed E-state index contributed by atoms with van der Waals surface area (Å²) in [5, 5.41) is 0. The Labute approximate surface area is 106 Å². The van der Waals surface area contributed by atoms with Gasteiger partial charge in [-0.1, -0.05) is 12.1 Å². The van der Waals surface area contributed by atoms with Crippen molar-refractivity contribution in [3.05, 3.63) is 70.3 Å². The van der Waals surface area contributed by atoms with Crippen LogP contribution in [0.3, 0.4) is 0 Å². The molecule has 1 nitrogen and oxygen atoms in total. The summed E-state index contributed by atoms with van der Waals surface area (Å²) in [6, 6.07) is 4.69. The quantitative estimate of drug-likeness (QED) is 0.598. The maximum absolute atomic E-state index is 13.7. The van der Waals surface area contributed by atoms with Crippen LogP contribution in [0.15, 0.2) is 30.3 Å². The lowest BCUT2D eigenvalue weighted by molar-refractivity contribution is 0.102. The second-order valence-electron chi connectivity index (χ2n) is 4.01. The van der Waals surface area contributed by atoms with Crippen molar-refractivity contribution < 1.29 is 22.4 Å². The summed E-state index contributed by atoms with van der Waals surface area (Å²) in [6.45, 7) is 1.42. The van der Waals surface area contributed by atoms with Crippen LogP contribution in [0.2, 0.25) is 0 Å². The van der Waals surface area contributed by atoms with E-state index >= 15 is 0 Å². The van der Waals surface area contributed by atoms with Gasteiger partial charge in [-0.05, 0) is 18.6 Å². The fourth-order valence-corrected chi connectivity index (χ4v) is 1.72. The van der Waals surface area contributed by atoms with E-state index in [0.29, 0.717) is 12.1 Å². The third-order valence-electron chi connectivity index (χ3n) is 2.67. The molecule has 0 fully saturated rings. The first kappa shape index (κ1) is 13.3. The average Bonchev–Trinajstić information content (AvgIpc) is 2.31. The molecule has 0 saturated carbocycles. The molecule has 2 aromatic rings. The summed E-state index contributed by atoms with van der Waals surface area (Å²) in [5.41, 5.74) is -1.25. The summed E-state index contributed by atoms with van der Waals surface area (Å²) in [5.74, 6) is -5.87. The smallest absolute Gasteiger partial charge is 0.201 e. The summed E-state index contributed by atoms with van der Waals surface area (Å²) in [6.07, 6.45) is 0. The Hall–Kier alpha value is -2.17. The van der Waals surface area contributed by atoms with E-state index in [9.17, 15) is 22.4 Å². The highest BCUT2D eigenvalue weighted by molar-refractivity contribution is 6.09. The Kier molecular flexibility index (Phi) is 3.38. The van der Waals surface area contributed by atoms with E-state index < -0.39 is 40.2 Å². The van der Waals surface area contributed by atoms with E-state index in [2.05, 4.69) is 0 Å². The molecule has 0 bridgehead atoms. The zero-order valence-electron chi connectivity index (χ0n) is 9.81. The summed E-state index contributed by atoms with van der Waals surface area (Å²) < 4.78 is 53.4. The van der Waals surface area contributed by atoms with Crippen LogP contribution in [0.1, 0.15) is 21.5 Å². The van der Waals surface area contributed by atoms with Crippen molar-refractivity contribution in [1.82, 2.24) is 0 Å². The van der Waals surface area contributed by atoms with Crippen molar-refractivity contribution in [2.45, 2.75) is 6.92 Å². The van der Waals surface area contributed by atoms with Crippen molar-refractivity contribution in [1.29, 1.82) is 0 Å². The average molecular weight is 268 g/mol. The van der Waals surface area contributed by atoms with Gasteiger partial charge in [-0.2, -0.15) is 0 Å². The van der Waals surface area contributed by atoms with Gasteiger partial charge in [-0.15, -0.1) is 0 Å². The van der Waals surface area contributed by atoms with E-state index in [1.165, 1.54) is 19.1 Å². The molecule has 0 radical (unpaired) electrons. The van der Waals surface area contributed by atoms with E-state index in [-0.39, 0.29) is 5.56 Å². The van der Waals surface area contributed by atoms with Crippen LogP contribution in [-0.2, 0) is 0 Å². The van der Waals surface area contributed by atoms with E-state index in [1.54, 1.807) is 0 Å². The molecule has 0 amide bonds. The maximum Gasteiger partial charge on any atom is 0.201 e. The molecule has 2 aromatic carbocycles. The number of aryl methyl sites for hydroxylation is 1.